The molecule has 2 amide bonds. The second-order valence-electron chi connectivity index (χ2n) is 7.13. The Bertz CT molecular complexity index is 396. The van der Waals surface area contributed by atoms with Gasteiger partial charge in [0.1, 0.15) is 5.60 Å². The van der Waals surface area contributed by atoms with E-state index in [1.54, 1.807) is 11.9 Å². The Morgan fingerprint density at radius 3 is 2.30 bits per heavy atom. The predicted octanol–water partition coefficient (Wildman–Crippen LogP) is 2.71. The molecule has 1 fully saturated rings. The first-order valence-corrected chi connectivity index (χ1v) is 8.54. The molecule has 1 heterocycles. The Morgan fingerprint density at radius 2 is 1.83 bits per heavy atom. The molecule has 1 aliphatic rings. The van der Waals surface area contributed by atoms with Gasteiger partial charge in [0, 0.05) is 33.2 Å². The van der Waals surface area contributed by atoms with Crippen LogP contribution >= 0.6 is 0 Å². The van der Waals surface area contributed by atoms with Gasteiger partial charge in [-0.3, -0.25) is 4.79 Å². The summed E-state index contributed by atoms with van der Waals surface area (Å²) in [5.41, 5.74) is -0.645. The standard InChI is InChI=1S/C17H32N2O4/c1-6-17(22-13-7-8-14(20)18-5)9-11-19(12-10-17)15(21)23-16(2,3)4/h6-13H2,1-5H3,(H,18,20). The van der Waals surface area contributed by atoms with Gasteiger partial charge in [0.05, 0.1) is 5.60 Å². The Hall–Kier alpha value is -1.30. The topological polar surface area (TPSA) is 67.9 Å². The smallest absolute Gasteiger partial charge is 0.410 e. The Labute approximate surface area is 139 Å². The van der Waals surface area contributed by atoms with Crippen LogP contribution in [0.3, 0.4) is 0 Å². The van der Waals surface area contributed by atoms with E-state index in [4.69, 9.17) is 9.47 Å². The van der Waals surface area contributed by atoms with Crippen molar-refractivity contribution in [3.05, 3.63) is 0 Å². The van der Waals surface area contributed by atoms with Crippen molar-refractivity contribution in [1.29, 1.82) is 0 Å². The largest absolute Gasteiger partial charge is 0.444 e. The molecule has 0 unspecified atom stereocenters. The van der Waals surface area contributed by atoms with Gasteiger partial charge in [-0.25, -0.2) is 4.79 Å². The Morgan fingerprint density at radius 1 is 1.22 bits per heavy atom. The van der Waals surface area contributed by atoms with Gasteiger partial charge in [-0.15, -0.1) is 0 Å². The van der Waals surface area contributed by atoms with Gasteiger partial charge in [0.25, 0.3) is 0 Å². The van der Waals surface area contributed by atoms with Crippen molar-refractivity contribution >= 4 is 12.0 Å². The zero-order valence-corrected chi connectivity index (χ0v) is 15.2. The molecular weight excluding hydrogens is 296 g/mol. The molecule has 1 N–H and O–H groups in total. The van der Waals surface area contributed by atoms with Crippen molar-refractivity contribution in [2.45, 2.75) is 71.0 Å². The lowest BCUT2D eigenvalue weighted by molar-refractivity contribution is -0.122. The van der Waals surface area contributed by atoms with Crippen molar-refractivity contribution in [2.24, 2.45) is 0 Å². The van der Waals surface area contributed by atoms with E-state index in [9.17, 15) is 9.59 Å². The number of ether oxygens (including phenoxy) is 2. The first-order chi connectivity index (χ1) is 10.7. The minimum Gasteiger partial charge on any atom is -0.444 e. The maximum atomic E-state index is 12.1. The van der Waals surface area contributed by atoms with E-state index in [0.717, 1.165) is 25.7 Å². The first kappa shape index (κ1) is 19.7. The highest BCUT2D eigenvalue weighted by atomic mass is 16.6. The highest BCUT2D eigenvalue weighted by Crippen LogP contribution is 2.30. The Balaban J connectivity index is 2.40. The summed E-state index contributed by atoms with van der Waals surface area (Å²) in [6.07, 6.45) is 3.49. The third kappa shape index (κ3) is 6.77. The lowest BCUT2D eigenvalue weighted by Gasteiger charge is -2.41. The second kappa shape index (κ2) is 8.52. The monoisotopic (exact) mass is 328 g/mol. The number of carbonyl (C=O) groups is 2. The molecule has 0 aromatic heterocycles. The quantitative estimate of drug-likeness (QED) is 0.761. The molecule has 1 saturated heterocycles. The van der Waals surface area contributed by atoms with E-state index >= 15 is 0 Å². The summed E-state index contributed by atoms with van der Waals surface area (Å²) >= 11 is 0. The molecule has 6 nitrogen and oxygen atoms in total. The van der Waals surface area contributed by atoms with Crippen LogP contribution in [-0.2, 0) is 14.3 Å². The van der Waals surface area contributed by atoms with Crippen LogP contribution in [0.2, 0.25) is 0 Å². The van der Waals surface area contributed by atoms with Gasteiger partial charge in [0.2, 0.25) is 5.91 Å². The molecule has 6 heteroatoms. The number of hydrogen-bond acceptors (Lipinski definition) is 4. The average molecular weight is 328 g/mol. The zero-order valence-electron chi connectivity index (χ0n) is 15.2. The summed E-state index contributed by atoms with van der Waals surface area (Å²) in [4.78, 5) is 25.1. The van der Waals surface area contributed by atoms with Crippen LogP contribution in [-0.4, -0.2) is 54.8 Å². The predicted molar refractivity (Wildman–Crippen MR) is 89.3 cm³/mol. The van der Waals surface area contributed by atoms with Crippen LogP contribution in [0.5, 0.6) is 0 Å². The van der Waals surface area contributed by atoms with Crippen molar-refractivity contribution in [1.82, 2.24) is 10.2 Å². The number of likely N-dealkylation sites (tertiary alicyclic amines) is 1. The van der Waals surface area contributed by atoms with E-state index in [1.807, 2.05) is 20.8 Å². The normalized spacial score (nSPS) is 17.7. The molecule has 0 saturated carbocycles. The van der Waals surface area contributed by atoms with Gasteiger partial charge in [0.15, 0.2) is 0 Å². The van der Waals surface area contributed by atoms with Crippen molar-refractivity contribution in [3.63, 3.8) is 0 Å². The molecule has 0 atom stereocenters. The van der Waals surface area contributed by atoms with Crippen molar-refractivity contribution in [3.8, 4) is 0 Å². The maximum absolute atomic E-state index is 12.1. The lowest BCUT2D eigenvalue weighted by Crippen LogP contribution is -2.49. The summed E-state index contributed by atoms with van der Waals surface area (Å²) < 4.78 is 11.5. The number of carbonyl (C=O) groups excluding carboxylic acids is 2. The number of nitrogens with zero attached hydrogens (tertiary/aromatic N) is 1. The molecule has 0 bridgehead atoms. The number of amides is 2. The number of hydrogen-bond donors (Lipinski definition) is 1. The molecule has 0 aliphatic carbocycles. The molecule has 1 rings (SSSR count). The lowest BCUT2D eigenvalue weighted by atomic mass is 9.88. The minimum absolute atomic E-state index is 0.0406. The van der Waals surface area contributed by atoms with Gasteiger partial charge < -0.3 is 19.7 Å². The van der Waals surface area contributed by atoms with E-state index in [1.165, 1.54) is 0 Å². The van der Waals surface area contributed by atoms with Crippen molar-refractivity contribution < 1.29 is 19.1 Å². The van der Waals surface area contributed by atoms with Gasteiger partial charge in [-0.2, -0.15) is 0 Å². The maximum Gasteiger partial charge on any atom is 0.410 e. The fraction of sp³-hybridized carbons (Fsp3) is 0.882. The van der Waals surface area contributed by atoms with Gasteiger partial charge in [-0.1, -0.05) is 6.92 Å². The summed E-state index contributed by atoms with van der Waals surface area (Å²) in [6.45, 7) is 9.62. The molecule has 0 aromatic carbocycles. The van der Waals surface area contributed by atoms with E-state index < -0.39 is 5.60 Å². The molecule has 1 aliphatic heterocycles. The third-order valence-electron chi connectivity index (χ3n) is 4.21. The Kier molecular flexibility index (Phi) is 7.32. The third-order valence-corrected chi connectivity index (χ3v) is 4.21. The highest BCUT2D eigenvalue weighted by Gasteiger charge is 2.36. The van der Waals surface area contributed by atoms with Crippen molar-refractivity contribution in [2.75, 3.05) is 26.7 Å². The molecule has 23 heavy (non-hydrogen) atoms. The van der Waals surface area contributed by atoms with Gasteiger partial charge in [-0.05, 0) is 46.5 Å². The zero-order chi connectivity index (χ0) is 17.5. The number of piperidine rings is 1. The summed E-state index contributed by atoms with van der Waals surface area (Å²) in [5.74, 6) is 0.0406. The molecule has 0 radical (unpaired) electrons. The minimum atomic E-state index is -0.466. The number of rotatable bonds is 6. The summed E-state index contributed by atoms with van der Waals surface area (Å²) in [6, 6.07) is 0. The summed E-state index contributed by atoms with van der Waals surface area (Å²) in [7, 11) is 1.64. The average Bonchev–Trinajstić information content (AvgIpc) is 2.50. The van der Waals surface area contributed by atoms with Crippen LogP contribution in [0.1, 0.15) is 59.8 Å². The molecular formula is C17H32N2O4. The van der Waals surface area contributed by atoms with Crippen LogP contribution in [0.15, 0.2) is 0 Å². The molecule has 0 aromatic rings. The molecule has 134 valence electrons. The second-order valence-corrected chi connectivity index (χ2v) is 7.13. The fourth-order valence-electron chi connectivity index (χ4n) is 2.67. The highest BCUT2D eigenvalue weighted by molar-refractivity contribution is 5.75. The van der Waals surface area contributed by atoms with E-state index in [-0.39, 0.29) is 17.6 Å². The van der Waals surface area contributed by atoms with E-state index in [2.05, 4.69) is 12.2 Å². The van der Waals surface area contributed by atoms with Crippen LogP contribution in [0.25, 0.3) is 0 Å². The van der Waals surface area contributed by atoms with Crippen LogP contribution < -0.4 is 5.32 Å². The molecule has 0 spiro atoms. The van der Waals surface area contributed by atoms with E-state index in [0.29, 0.717) is 26.1 Å². The fourth-order valence-corrected chi connectivity index (χ4v) is 2.67. The SMILES string of the molecule is CCC1(OCCCC(=O)NC)CCN(C(=O)OC(C)(C)C)CC1. The number of nitrogens with one attached hydrogen (secondary N) is 1. The van der Waals surface area contributed by atoms with Gasteiger partial charge >= 0.3 is 6.09 Å². The van der Waals surface area contributed by atoms with Crippen LogP contribution in [0, 0.1) is 0 Å². The first-order valence-electron chi connectivity index (χ1n) is 8.54. The van der Waals surface area contributed by atoms with Crippen LogP contribution in [0.4, 0.5) is 4.79 Å². The summed E-state index contributed by atoms with van der Waals surface area (Å²) in [5, 5.41) is 2.61.